The summed E-state index contributed by atoms with van der Waals surface area (Å²) in [5, 5.41) is 17.6. The molecule has 1 aromatic rings. The smallest absolute Gasteiger partial charge is 0.233 e. The lowest BCUT2D eigenvalue weighted by Crippen LogP contribution is -2.38. The van der Waals surface area contributed by atoms with Crippen LogP contribution in [-0.2, 0) is 4.74 Å². The van der Waals surface area contributed by atoms with Crippen LogP contribution in [0.25, 0.3) is 0 Å². The van der Waals surface area contributed by atoms with Crippen molar-refractivity contribution in [2.24, 2.45) is 0 Å². The highest BCUT2D eigenvalue weighted by atomic mass is 35.5. The summed E-state index contributed by atoms with van der Waals surface area (Å²) in [7, 11) is 0. The molecule has 20 heavy (non-hydrogen) atoms. The third kappa shape index (κ3) is 3.44. The summed E-state index contributed by atoms with van der Waals surface area (Å²) < 4.78 is 5.26. The molecule has 1 saturated heterocycles. The normalized spacial score (nSPS) is 14.4. The summed E-state index contributed by atoms with van der Waals surface area (Å²) in [5.41, 5.74) is 0. The SMILES string of the molecule is N#CCN(CC#N)c1nc(Cl)nc(N2CCOCC2)n1. The van der Waals surface area contributed by atoms with Crippen molar-refractivity contribution in [3.63, 3.8) is 0 Å². The molecule has 0 amide bonds. The molecule has 0 aromatic carbocycles. The highest BCUT2D eigenvalue weighted by Crippen LogP contribution is 2.17. The van der Waals surface area contributed by atoms with Crippen LogP contribution in [0.1, 0.15) is 0 Å². The first kappa shape index (κ1) is 14.3. The summed E-state index contributed by atoms with van der Waals surface area (Å²) in [6, 6.07) is 3.93. The van der Waals surface area contributed by atoms with Crippen LogP contribution >= 0.6 is 11.6 Å². The third-order valence-electron chi connectivity index (χ3n) is 2.68. The van der Waals surface area contributed by atoms with Crippen LogP contribution in [-0.4, -0.2) is 54.3 Å². The maximum atomic E-state index is 8.78. The van der Waals surface area contributed by atoms with E-state index >= 15 is 0 Å². The van der Waals surface area contributed by atoms with Gasteiger partial charge in [-0.1, -0.05) is 0 Å². The average molecular weight is 294 g/mol. The Morgan fingerprint density at radius 3 is 2.40 bits per heavy atom. The van der Waals surface area contributed by atoms with Crippen molar-refractivity contribution >= 4 is 23.5 Å². The van der Waals surface area contributed by atoms with E-state index in [0.717, 1.165) is 0 Å². The van der Waals surface area contributed by atoms with Gasteiger partial charge in [-0.15, -0.1) is 0 Å². The molecule has 0 bridgehead atoms. The van der Waals surface area contributed by atoms with Gasteiger partial charge in [-0.25, -0.2) is 0 Å². The predicted molar refractivity (Wildman–Crippen MR) is 71.3 cm³/mol. The van der Waals surface area contributed by atoms with Crippen molar-refractivity contribution in [1.82, 2.24) is 15.0 Å². The maximum Gasteiger partial charge on any atom is 0.233 e. The molecule has 1 aromatic heterocycles. The van der Waals surface area contributed by atoms with Gasteiger partial charge in [0.2, 0.25) is 17.2 Å². The predicted octanol–water partition coefficient (Wildman–Crippen LogP) is 0.215. The van der Waals surface area contributed by atoms with Crippen LogP contribution in [0.15, 0.2) is 0 Å². The summed E-state index contributed by atoms with van der Waals surface area (Å²) in [6.07, 6.45) is 0. The summed E-state index contributed by atoms with van der Waals surface area (Å²) in [6.45, 7) is 2.54. The molecule has 9 heteroatoms. The molecular formula is C11H12ClN7O. The molecule has 0 unspecified atom stereocenters. The van der Waals surface area contributed by atoms with E-state index in [-0.39, 0.29) is 24.3 Å². The first-order valence-corrected chi connectivity index (χ1v) is 6.35. The zero-order valence-electron chi connectivity index (χ0n) is 10.7. The molecule has 0 N–H and O–H groups in total. The molecular weight excluding hydrogens is 282 g/mol. The van der Waals surface area contributed by atoms with E-state index in [1.165, 1.54) is 4.90 Å². The number of aromatic nitrogens is 3. The van der Waals surface area contributed by atoms with E-state index in [0.29, 0.717) is 32.3 Å². The Kier molecular flexibility index (Phi) is 4.88. The van der Waals surface area contributed by atoms with Gasteiger partial charge >= 0.3 is 0 Å². The van der Waals surface area contributed by atoms with E-state index in [4.69, 9.17) is 26.9 Å². The van der Waals surface area contributed by atoms with Crippen molar-refractivity contribution in [3.8, 4) is 12.1 Å². The molecule has 0 aliphatic carbocycles. The third-order valence-corrected chi connectivity index (χ3v) is 2.85. The number of rotatable bonds is 4. The topological polar surface area (TPSA) is 102 Å². The van der Waals surface area contributed by atoms with Gasteiger partial charge < -0.3 is 14.5 Å². The number of halogens is 1. The fraction of sp³-hybridized carbons (Fsp3) is 0.545. The van der Waals surface area contributed by atoms with Crippen LogP contribution in [0, 0.1) is 22.7 Å². The van der Waals surface area contributed by atoms with E-state index in [2.05, 4.69) is 15.0 Å². The maximum absolute atomic E-state index is 8.78. The Bertz CT molecular complexity index is 531. The minimum Gasteiger partial charge on any atom is -0.378 e. The van der Waals surface area contributed by atoms with Crippen LogP contribution < -0.4 is 9.80 Å². The fourth-order valence-corrected chi connectivity index (χ4v) is 1.89. The molecule has 2 rings (SSSR count). The quantitative estimate of drug-likeness (QED) is 0.726. The largest absolute Gasteiger partial charge is 0.378 e. The van der Waals surface area contributed by atoms with Crippen LogP contribution in [0.3, 0.4) is 0 Å². The van der Waals surface area contributed by atoms with Crippen molar-refractivity contribution in [3.05, 3.63) is 5.28 Å². The number of anilines is 2. The van der Waals surface area contributed by atoms with Crippen molar-refractivity contribution in [2.45, 2.75) is 0 Å². The van der Waals surface area contributed by atoms with Crippen molar-refractivity contribution < 1.29 is 4.74 Å². The number of hydrogen-bond acceptors (Lipinski definition) is 8. The summed E-state index contributed by atoms with van der Waals surface area (Å²) in [4.78, 5) is 15.7. The minimum absolute atomic E-state index is 0.0104. The second-order valence-electron chi connectivity index (χ2n) is 3.98. The number of nitriles is 2. The number of nitrogens with zero attached hydrogens (tertiary/aromatic N) is 7. The molecule has 104 valence electrons. The van der Waals surface area contributed by atoms with Gasteiger partial charge in [0, 0.05) is 13.1 Å². The Hall–Kier alpha value is -2.16. The van der Waals surface area contributed by atoms with Gasteiger partial charge in [-0.05, 0) is 11.6 Å². The van der Waals surface area contributed by atoms with Gasteiger partial charge in [0.05, 0.1) is 25.4 Å². The zero-order valence-corrected chi connectivity index (χ0v) is 11.4. The lowest BCUT2D eigenvalue weighted by atomic mass is 10.4. The fourth-order valence-electron chi connectivity index (χ4n) is 1.74. The first-order chi connectivity index (χ1) is 9.74. The van der Waals surface area contributed by atoms with Gasteiger partial charge in [0.15, 0.2) is 0 Å². The lowest BCUT2D eigenvalue weighted by molar-refractivity contribution is 0.122. The Morgan fingerprint density at radius 2 is 1.80 bits per heavy atom. The molecule has 2 heterocycles. The molecule has 1 aliphatic heterocycles. The van der Waals surface area contributed by atoms with Crippen LogP contribution in [0.4, 0.5) is 11.9 Å². The number of hydrogen-bond donors (Lipinski definition) is 0. The highest BCUT2D eigenvalue weighted by Gasteiger charge is 2.18. The molecule has 0 radical (unpaired) electrons. The Labute approximate surface area is 121 Å². The Balaban J connectivity index is 2.27. The zero-order chi connectivity index (χ0) is 14.4. The van der Waals surface area contributed by atoms with E-state index in [1.54, 1.807) is 0 Å². The van der Waals surface area contributed by atoms with Crippen molar-refractivity contribution in [2.75, 3.05) is 49.2 Å². The average Bonchev–Trinajstić information content (AvgIpc) is 2.47. The molecule has 0 atom stereocenters. The second-order valence-corrected chi connectivity index (χ2v) is 4.31. The van der Waals surface area contributed by atoms with Gasteiger partial charge in [0.1, 0.15) is 13.1 Å². The number of ether oxygens (including phenoxy) is 1. The van der Waals surface area contributed by atoms with Crippen LogP contribution in [0.2, 0.25) is 5.28 Å². The highest BCUT2D eigenvalue weighted by molar-refractivity contribution is 6.28. The van der Waals surface area contributed by atoms with Gasteiger partial charge in [0.25, 0.3) is 0 Å². The molecule has 0 saturated carbocycles. The lowest BCUT2D eigenvalue weighted by Gasteiger charge is -2.27. The summed E-state index contributed by atoms with van der Waals surface area (Å²) in [5.74, 6) is 0.666. The van der Waals surface area contributed by atoms with E-state index in [1.807, 2.05) is 17.0 Å². The van der Waals surface area contributed by atoms with E-state index < -0.39 is 0 Å². The first-order valence-electron chi connectivity index (χ1n) is 5.97. The molecule has 1 fully saturated rings. The monoisotopic (exact) mass is 293 g/mol. The van der Waals surface area contributed by atoms with Gasteiger partial charge in [-0.2, -0.15) is 25.5 Å². The number of morpholine rings is 1. The van der Waals surface area contributed by atoms with E-state index in [9.17, 15) is 0 Å². The molecule has 8 nitrogen and oxygen atoms in total. The van der Waals surface area contributed by atoms with Crippen LogP contribution in [0.5, 0.6) is 0 Å². The molecule has 0 spiro atoms. The minimum atomic E-state index is 0.0104. The molecule has 1 aliphatic rings. The van der Waals surface area contributed by atoms with Gasteiger partial charge in [-0.3, -0.25) is 0 Å². The standard InChI is InChI=1S/C11H12ClN7O/c12-9-15-10(18(3-1-13)4-2-14)17-11(16-9)19-5-7-20-8-6-19/h3-8H2. The second kappa shape index (κ2) is 6.85. The Morgan fingerprint density at radius 1 is 1.15 bits per heavy atom. The summed E-state index contributed by atoms with van der Waals surface area (Å²) >= 11 is 5.90. The van der Waals surface area contributed by atoms with Crippen molar-refractivity contribution in [1.29, 1.82) is 10.5 Å².